The molecular weight excluding hydrogens is 366 g/mol. The largest absolute Gasteiger partial charge is 0.361 e. The average Bonchev–Trinajstić information content (AvgIpc) is 3.14. The fourth-order valence-electron chi connectivity index (χ4n) is 4.56. The summed E-state index contributed by atoms with van der Waals surface area (Å²) in [4.78, 5) is 27.5. The van der Waals surface area contributed by atoms with Crippen LogP contribution in [0.25, 0.3) is 0 Å². The molecule has 2 amide bonds. The molecule has 4 rings (SSSR count). The van der Waals surface area contributed by atoms with Crippen molar-refractivity contribution in [2.45, 2.75) is 58.9 Å². The molecule has 2 aromatic rings. The number of aromatic nitrogens is 1. The minimum Gasteiger partial charge on any atom is -0.361 e. The Balaban J connectivity index is 1.37. The highest BCUT2D eigenvalue weighted by Crippen LogP contribution is 2.24. The van der Waals surface area contributed by atoms with Gasteiger partial charge in [-0.3, -0.25) is 9.59 Å². The molecule has 1 aliphatic heterocycles. The van der Waals surface area contributed by atoms with Crippen molar-refractivity contribution >= 4 is 11.8 Å². The molecule has 29 heavy (non-hydrogen) atoms. The maximum Gasteiger partial charge on any atom is 0.253 e. The lowest BCUT2D eigenvalue weighted by atomic mass is 9.95. The van der Waals surface area contributed by atoms with E-state index < -0.39 is 0 Å². The van der Waals surface area contributed by atoms with Gasteiger partial charge in [0, 0.05) is 30.6 Å². The van der Waals surface area contributed by atoms with Crippen molar-refractivity contribution in [2.24, 2.45) is 5.92 Å². The molecule has 0 spiro atoms. The Bertz CT molecular complexity index is 898. The zero-order valence-electron chi connectivity index (χ0n) is 17.3. The van der Waals surface area contributed by atoms with Gasteiger partial charge in [0.1, 0.15) is 11.5 Å². The van der Waals surface area contributed by atoms with Crippen LogP contribution < -0.4 is 5.32 Å². The standard InChI is InChI=1S/C23H29N3O3/c1-15-10-16(2)12-18(11-15)23(28)26-9-5-6-17(14-26)22(27)24-13-20-19-7-3-4-8-21(19)29-25-20/h10-12,17H,3-9,13-14H2,1-2H3,(H,24,27). The molecule has 1 N–H and O–H groups in total. The number of aryl methyl sites for hydroxylation is 3. The number of rotatable bonds is 4. The summed E-state index contributed by atoms with van der Waals surface area (Å²) in [5, 5.41) is 7.18. The Morgan fingerprint density at radius 1 is 1.14 bits per heavy atom. The van der Waals surface area contributed by atoms with Crippen molar-refractivity contribution in [3.05, 3.63) is 51.9 Å². The van der Waals surface area contributed by atoms with Crippen LogP contribution in [0, 0.1) is 19.8 Å². The number of hydrogen-bond donors (Lipinski definition) is 1. The zero-order valence-corrected chi connectivity index (χ0v) is 17.3. The second kappa shape index (κ2) is 8.39. The van der Waals surface area contributed by atoms with Gasteiger partial charge in [-0.15, -0.1) is 0 Å². The summed E-state index contributed by atoms with van der Waals surface area (Å²) in [7, 11) is 0. The third kappa shape index (κ3) is 4.36. The normalized spacial score (nSPS) is 19.0. The number of amides is 2. The third-order valence-corrected chi connectivity index (χ3v) is 6.01. The molecule has 1 atom stereocenters. The minimum absolute atomic E-state index is 0.00418. The summed E-state index contributed by atoms with van der Waals surface area (Å²) in [6, 6.07) is 5.91. The van der Waals surface area contributed by atoms with E-state index in [1.54, 1.807) is 0 Å². The number of carbonyl (C=O) groups excluding carboxylic acids is 2. The molecule has 2 heterocycles. The molecule has 0 radical (unpaired) electrons. The molecule has 0 bridgehead atoms. The Hall–Kier alpha value is -2.63. The molecule has 6 heteroatoms. The van der Waals surface area contributed by atoms with Gasteiger partial charge in [-0.05, 0) is 58.1 Å². The van der Waals surface area contributed by atoms with E-state index in [1.807, 2.05) is 30.9 Å². The molecule has 154 valence electrons. The van der Waals surface area contributed by atoms with Gasteiger partial charge in [0.05, 0.1) is 12.5 Å². The average molecular weight is 396 g/mol. The van der Waals surface area contributed by atoms with Crippen LogP contribution >= 0.6 is 0 Å². The van der Waals surface area contributed by atoms with Crippen LogP contribution in [0.3, 0.4) is 0 Å². The number of likely N-dealkylation sites (tertiary alicyclic amines) is 1. The smallest absolute Gasteiger partial charge is 0.253 e. The van der Waals surface area contributed by atoms with Crippen molar-refractivity contribution in [1.29, 1.82) is 0 Å². The Kier molecular flexibility index (Phi) is 5.69. The zero-order chi connectivity index (χ0) is 20.4. The van der Waals surface area contributed by atoms with E-state index in [2.05, 4.69) is 16.5 Å². The Labute approximate surface area is 171 Å². The first-order chi connectivity index (χ1) is 14.0. The lowest BCUT2D eigenvalue weighted by Crippen LogP contribution is -2.45. The fraction of sp³-hybridized carbons (Fsp3) is 0.522. The summed E-state index contributed by atoms with van der Waals surface area (Å²) in [5.74, 6) is 0.806. The predicted octanol–water partition coefficient (Wildman–Crippen LogP) is 3.34. The van der Waals surface area contributed by atoms with Gasteiger partial charge in [-0.25, -0.2) is 0 Å². The van der Waals surface area contributed by atoms with Crippen molar-refractivity contribution in [1.82, 2.24) is 15.4 Å². The molecular formula is C23H29N3O3. The van der Waals surface area contributed by atoms with Crippen LogP contribution in [-0.4, -0.2) is 35.0 Å². The first kappa shape index (κ1) is 19.7. The lowest BCUT2D eigenvalue weighted by molar-refractivity contribution is -0.126. The molecule has 0 saturated carbocycles. The van der Waals surface area contributed by atoms with E-state index in [-0.39, 0.29) is 17.7 Å². The van der Waals surface area contributed by atoms with Gasteiger partial charge < -0.3 is 14.7 Å². The SMILES string of the molecule is Cc1cc(C)cc(C(=O)N2CCCC(C(=O)NCc3noc4c3CCCC4)C2)c1. The van der Waals surface area contributed by atoms with Crippen LogP contribution in [0.1, 0.15) is 64.2 Å². The number of nitrogens with zero attached hydrogens (tertiary/aromatic N) is 2. The quantitative estimate of drug-likeness (QED) is 0.862. The summed E-state index contributed by atoms with van der Waals surface area (Å²) in [6.45, 7) is 5.57. The molecule has 1 fully saturated rings. The van der Waals surface area contributed by atoms with Crippen LogP contribution in [0.5, 0.6) is 0 Å². The predicted molar refractivity (Wildman–Crippen MR) is 110 cm³/mol. The first-order valence-electron chi connectivity index (χ1n) is 10.6. The lowest BCUT2D eigenvalue weighted by Gasteiger charge is -2.32. The van der Waals surface area contributed by atoms with Crippen molar-refractivity contribution in [2.75, 3.05) is 13.1 Å². The second-order valence-electron chi connectivity index (χ2n) is 8.42. The maximum absolute atomic E-state index is 12.9. The molecule has 2 aliphatic rings. The van der Waals surface area contributed by atoms with E-state index in [4.69, 9.17) is 4.52 Å². The molecule has 1 aliphatic carbocycles. The number of piperidine rings is 1. The van der Waals surface area contributed by atoms with E-state index in [9.17, 15) is 9.59 Å². The number of hydrogen-bond acceptors (Lipinski definition) is 4. The van der Waals surface area contributed by atoms with Gasteiger partial charge in [0.15, 0.2) is 0 Å². The summed E-state index contributed by atoms with van der Waals surface area (Å²) in [5.41, 5.74) is 4.89. The minimum atomic E-state index is -0.179. The van der Waals surface area contributed by atoms with Crippen molar-refractivity contribution in [3.63, 3.8) is 0 Å². The summed E-state index contributed by atoms with van der Waals surface area (Å²) >= 11 is 0. The highest BCUT2D eigenvalue weighted by Gasteiger charge is 2.29. The highest BCUT2D eigenvalue weighted by atomic mass is 16.5. The summed E-state index contributed by atoms with van der Waals surface area (Å²) in [6.07, 6.45) is 5.85. The monoisotopic (exact) mass is 395 g/mol. The topological polar surface area (TPSA) is 75.4 Å². The van der Waals surface area contributed by atoms with Crippen molar-refractivity contribution in [3.8, 4) is 0 Å². The van der Waals surface area contributed by atoms with Crippen LogP contribution in [0.4, 0.5) is 0 Å². The number of nitrogens with one attached hydrogen (secondary N) is 1. The van der Waals surface area contributed by atoms with Gasteiger partial charge >= 0.3 is 0 Å². The van der Waals surface area contributed by atoms with Gasteiger partial charge in [-0.1, -0.05) is 22.3 Å². The first-order valence-corrected chi connectivity index (χ1v) is 10.6. The van der Waals surface area contributed by atoms with Crippen LogP contribution in [0.15, 0.2) is 22.7 Å². The number of fused-ring (bicyclic) bond motifs is 1. The van der Waals surface area contributed by atoms with Gasteiger partial charge in [0.2, 0.25) is 5.91 Å². The molecule has 6 nitrogen and oxygen atoms in total. The van der Waals surface area contributed by atoms with E-state index in [0.717, 1.165) is 61.1 Å². The Morgan fingerprint density at radius 2 is 1.90 bits per heavy atom. The Morgan fingerprint density at radius 3 is 2.69 bits per heavy atom. The van der Waals surface area contributed by atoms with Crippen molar-refractivity contribution < 1.29 is 14.1 Å². The maximum atomic E-state index is 12.9. The molecule has 1 aromatic carbocycles. The van der Waals surface area contributed by atoms with Crippen LogP contribution in [-0.2, 0) is 24.2 Å². The van der Waals surface area contributed by atoms with E-state index in [1.165, 1.54) is 5.56 Å². The molecule has 1 unspecified atom stereocenters. The number of carbonyl (C=O) groups is 2. The van der Waals surface area contributed by atoms with Gasteiger partial charge in [-0.2, -0.15) is 0 Å². The third-order valence-electron chi connectivity index (χ3n) is 6.01. The molecule has 1 saturated heterocycles. The highest BCUT2D eigenvalue weighted by molar-refractivity contribution is 5.95. The van der Waals surface area contributed by atoms with Crippen LogP contribution in [0.2, 0.25) is 0 Å². The second-order valence-corrected chi connectivity index (χ2v) is 8.42. The molecule has 1 aromatic heterocycles. The van der Waals surface area contributed by atoms with E-state index in [0.29, 0.717) is 25.2 Å². The van der Waals surface area contributed by atoms with E-state index >= 15 is 0 Å². The number of benzene rings is 1. The summed E-state index contributed by atoms with van der Waals surface area (Å²) < 4.78 is 5.43. The fourth-order valence-corrected chi connectivity index (χ4v) is 4.56. The van der Waals surface area contributed by atoms with Gasteiger partial charge in [0.25, 0.3) is 5.91 Å².